The van der Waals surface area contributed by atoms with Crippen LogP contribution in [0.4, 0.5) is 5.69 Å². The first-order chi connectivity index (χ1) is 13.1. The quantitative estimate of drug-likeness (QED) is 0.497. The third-order valence-corrected chi connectivity index (χ3v) is 5.03. The van der Waals surface area contributed by atoms with Gasteiger partial charge < -0.3 is 14.7 Å². The van der Waals surface area contributed by atoms with Crippen molar-refractivity contribution in [1.82, 2.24) is 15.2 Å². The molecule has 4 aromatic rings. The number of aryl methyl sites for hydroxylation is 2. The van der Waals surface area contributed by atoms with E-state index in [-0.39, 0.29) is 11.7 Å². The molecule has 0 saturated heterocycles. The molecule has 0 bridgehead atoms. The molecule has 27 heavy (non-hydrogen) atoms. The fourth-order valence-corrected chi connectivity index (χ4v) is 3.46. The minimum atomic E-state index is -0.112. The van der Waals surface area contributed by atoms with Crippen LogP contribution in [0.1, 0.15) is 11.1 Å². The molecule has 0 radical (unpaired) electrons. The molecule has 0 aliphatic rings. The molecular weight excluding hydrogens is 360 g/mol. The van der Waals surface area contributed by atoms with E-state index in [1.807, 2.05) is 62.5 Å². The lowest BCUT2D eigenvalue weighted by atomic mass is 10.1. The largest absolute Gasteiger partial charge is 0.411 e. The second-order valence-electron chi connectivity index (χ2n) is 6.28. The first-order valence-corrected chi connectivity index (χ1v) is 9.48. The molecule has 136 valence electrons. The molecule has 0 saturated carbocycles. The Bertz CT molecular complexity index is 1120. The monoisotopic (exact) mass is 378 g/mol. The van der Waals surface area contributed by atoms with E-state index in [1.165, 1.54) is 11.8 Å². The lowest BCUT2D eigenvalue weighted by Gasteiger charge is -2.08. The van der Waals surface area contributed by atoms with Crippen LogP contribution >= 0.6 is 11.8 Å². The molecule has 2 heterocycles. The van der Waals surface area contributed by atoms with Crippen LogP contribution in [0.15, 0.2) is 58.3 Å². The van der Waals surface area contributed by atoms with Gasteiger partial charge in [0.2, 0.25) is 5.91 Å². The minimum Gasteiger partial charge on any atom is -0.411 e. The molecule has 0 unspecified atom stereocenters. The number of hydrogen-bond donors (Lipinski definition) is 2. The molecule has 2 aromatic carbocycles. The molecule has 6 nitrogen and oxygen atoms in total. The fourth-order valence-electron chi connectivity index (χ4n) is 2.89. The third kappa shape index (κ3) is 3.73. The predicted molar refractivity (Wildman–Crippen MR) is 107 cm³/mol. The summed E-state index contributed by atoms with van der Waals surface area (Å²) in [5.41, 5.74) is 4.87. The number of carbonyl (C=O) groups excluding carboxylic acids is 1. The Hall–Kier alpha value is -3.06. The topological polar surface area (TPSA) is 83.8 Å². The second-order valence-corrected chi connectivity index (χ2v) is 7.20. The smallest absolute Gasteiger partial charge is 0.277 e. The Morgan fingerprint density at radius 2 is 2.04 bits per heavy atom. The number of hydrogen-bond acceptors (Lipinski definition) is 5. The molecule has 1 amide bonds. The first kappa shape index (κ1) is 17.4. The van der Waals surface area contributed by atoms with Crippen molar-refractivity contribution in [2.75, 3.05) is 11.1 Å². The molecule has 2 aromatic heterocycles. The molecule has 0 aliphatic heterocycles. The maximum absolute atomic E-state index is 12.2. The van der Waals surface area contributed by atoms with Gasteiger partial charge in [0.05, 0.1) is 11.3 Å². The summed E-state index contributed by atoms with van der Waals surface area (Å²) < 4.78 is 5.72. The zero-order chi connectivity index (χ0) is 18.8. The predicted octanol–water partition coefficient (Wildman–Crippen LogP) is 4.57. The Labute approximate surface area is 160 Å². The van der Waals surface area contributed by atoms with E-state index in [4.69, 9.17) is 4.42 Å². The lowest BCUT2D eigenvalue weighted by molar-refractivity contribution is -0.113. The summed E-state index contributed by atoms with van der Waals surface area (Å²) in [6.07, 6.45) is 1.85. The van der Waals surface area contributed by atoms with E-state index in [1.54, 1.807) is 0 Å². The van der Waals surface area contributed by atoms with Gasteiger partial charge >= 0.3 is 0 Å². The van der Waals surface area contributed by atoms with E-state index in [0.29, 0.717) is 11.1 Å². The molecule has 0 spiro atoms. The summed E-state index contributed by atoms with van der Waals surface area (Å²) >= 11 is 1.22. The number of amides is 1. The Morgan fingerprint density at radius 3 is 2.89 bits per heavy atom. The second kappa shape index (κ2) is 7.28. The zero-order valence-corrected chi connectivity index (χ0v) is 15.8. The number of nitrogens with one attached hydrogen (secondary N) is 2. The highest BCUT2D eigenvalue weighted by molar-refractivity contribution is 7.99. The zero-order valence-electron chi connectivity index (χ0n) is 14.9. The number of aromatic amines is 1. The highest BCUT2D eigenvalue weighted by Gasteiger charge is 2.14. The van der Waals surface area contributed by atoms with Crippen molar-refractivity contribution in [3.05, 3.63) is 59.8 Å². The summed E-state index contributed by atoms with van der Waals surface area (Å²) in [6.45, 7) is 4.00. The number of benzene rings is 2. The Balaban J connectivity index is 1.41. The van der Waals surface area contributed by atoms with Gasteiger partial charge in [0, 0.05) is 22.8 Å². The molecule has 2 N–H and O–H groups in total. The molecule has 0 atom stereocenters. The van der Waals surface area contributed by atoms with Crippen LogP contribution in [-0.4, -0.2) is 26.8 Å². The number of nitrogens with zero attached hydrogens (tertiary/aromatic N) is 2. The van der Waals surface area contributed by atoms with E-state index >= 15 is 0 Å². The highest BCUT2D eigenvalue weighted by Crippen LogP contribution is 2.29. The van der Waals surface area contributed by atoms with E-state index in [2.05, 4.69) is 20.5 Å². The number of thioether (sulfide) groups is 1. The van der Waals surface area contributed by atoms with Crippen LogP contribution in [0.25, 0.3) is 22.4 Å². The van der Waals surface area contributed by atoms with E-state index in [9.17, 15) is 4.79 Å². The number of H-pyrrole nitrogens is 1. The van der Waals surface area contributed by atoms with Crippen molar-refractivity contribution in [2.45, 2.75) is 19.1 Å². The Kier molecular flexibility index (Phi) is 4.68. The van der Waals surface area contributed by atoms with Crippen LogP contribution in [0.5, 0.6) is 0 Å². The highest BCUT2D eigenvalue weighted by atomic mass is 32.2. The van der Waals surface area contributed by atoms with Gasteiger partial charge in [-0.2, -0.15) is 0 Å². The number of anilines is 1. The number of aromatic nitrogens is 3. The molecular formula is C20H18N4O2S. The minimum absolute atomic E-state index is 0.112. The summed E-state index contributed by atoms with van der Waals surface area (Å²) in [4.78, 5) is 15.4. The summed E-state index contributed by atoms with van der Waals surface area (Å²) in [6, 6.07) is 13.8. The number of fused-ring (bicyclic) bond motifs is 1. The van der Waals surface area contributed by atoms with Gasteiger partial charge in [0.1, 0.15) is 0 Å². The van der Waals surface area contributed by atoms with Gasteiger partial charge in [-0.15, -0.1) is 10.2 Å². The van der Waals surface area contributed by atoms with Crippen molar-refractivity contribution in [2.24, 2.45) is 0 Å². The van der Waals surface area contributed by atoms with Crippen LogP contribution in [0.3, 0.4) is 0 Å². The lowest BCUT2D eigenvalue weighted by Crippen LogP contribution is -2.14. The third-order valence-electron chi connectivity index (χ3n) is 4.21. The van der Waals surface area contributed by atoms with Crippen molar-refractivity contribution in [3.63, 3.8) is 0 Å². The fraction of sp³-hybridized carbons (Fsp3) is 0.150. The van der Waals surface area contributed by atoms with Gasteiger partial charge in [-0.3, -0.25) is 4.79 Å². The normalized spacial score (nSPS) is 11.0. The maximum Gasteiger partial charge on any atom is 0.277 e. The first-order valence-electron chi connectivity index (χ1n) is 8.50. The average molecular weight is 378 g/mol. The number of para-hydroxylation sites is 1. The van der Waals surface area contributed by atoms with Gasteiger partial charge in [0.15, 0.2) is 0 Å². The van der Waals surface area contributed by atoms with Crippen LogP contribution in [0.2, 0.25) is 0 Å². The van der Waals surface area contributed by atoms with E-state index in [0.717, 1.165) is 33.3 Å². The van der Waals surface area contributed by atoms with Crippen LogP contribution < -0.4 is 5.32 Å². The van der Waals surface area contributed by atoms with Crippen LogP contribution in [-0.2, 0) is 4.79 Å². The summed E-state index contributed by atoms with van der Waals surface area (Å²) in [7, 11) is 0. The van der Waals surface area contributed by atoms with Crippen molar-refractivity contribution in [1.29, 1.82) is 0 Å². The van der Waals surface area contributed by atoms with Crippen molar-refractivity contribution >= 4 is 34.3 Å². The maximum atomic E-state index is 12.2. The standard InChI is InChI=1S/C20H18N4O2S/c1-12-7-8-16(13(2)9-12)22-18(25)11-27-20-24-23-19(26-20)15-10-21-17-6-4-3-5-14(15)17/h3-10,21H,11H2,1-2H3,(H,22,25). The van der Waals surface area contributed by atoms with Gasteiger partial charge in [-0.25, -0.2) is 0 Å². The molecule has 0 aliphatic carbocycles. The van der Waals surface area contributed by atoms with Crippen LogP contribution in [0, 0.1) is 13.8 Å². The SMILES string of the molecule is Cc1ccc(NC(=O)CSc2nnc(-c3c[nH]c4ccccc34)o2)c(C)c1. The van der Waals surface area contributed by atoms with Gasteiger partial charge in [-0.05, 0) is 31.5 Å². The Morgan fingerprint density at radius 1 is 1.19 bits per heavy atom. The number of rotatable bonds is 5. The van der Waals surface area contributed by atoms with Crippen molar-refractivity contribution < 1.29 is 9.21 Å². The summed E-state index contributed by atoms with van der Waals surface area (Å²) in [5.74, 6) is 0.520. The van der Waals surface area contributed by atoms with E-state index < -0.39 is 0 Å². The van der Waals surface area contributed by atoms with Gasteiger partial charge in [0.25, 0.3) is 11.1 Å². The average Bonchev–Trinajstić information content (AvgIpc) is 3.29. The summed E-state index contributed by atoms with van der Waals surface area (Å²) in [5, 5.41) is 12.4. The number of carbonyl (C=O) groups is 1. The molecule has 4 rings (SSSR count). The molecule has 7 heteroatoms. The van der Waals surface area contributed by atoms with Gasteiger partial charge in [-0.1, -0.05) is 47.7 Å². The molecule has 0 fully saturated rings. The van der Waals surface area contributed by atoms with Crippen molar-refractivity contribution in [3.8, 4) is 11.5 Å².